The summed E-state index contributed by atoms with van der Waals surface area (Å²) >= 11 is 0. The summed E-state index contributed by atoms with van der Waals surface area (Å²) in [6, 6.07) is 1.01. The van der Waals surface area contributed by atoms with Crippen molar-refractivity contribution in [3.63, 3.8) is 0 Å². The number of carbonyl (C=O) groups is 1. The first-order chi connectivity index (χ1) is 7.10. The van der Waals surface area contributed by atoms with Crippen molar-refractivity contribution >= 4 is 5.97 Å². The molecule has 1 aromatic rings. The Labute approximate surface area is 86.9 Å². The first-order valence-corrected chi connectivity index (χ1v) is 4.70. The Kier molecular flexibility index (Phi) is 3.49. The van der Waals surface area contributed by atoms with Gasteiger partial charge in [0.2, 0.25) is 0 Å². The molecular weight excluding hydrogens is 198 g/mol. The Hall–Kier alpha value is -1.78. The highest BCUT2D eigenvalue weighted by Gasteiger charge is 2.14. The van der Waals surface area contributed by atoms with Gasteiger partial charge in [0, 0.05) is 18.8 Å². The maximum Gasteiger partial charge on any atom is 0.343 e. The predicted molar refractivity (Wildman–Crippen MR) is 54.0 cm³/mol. The van der Waals surface area contributed by atoms with Crippen LogP contribution in [-0.2, 0) is 11.3 Å². The number of ether oxygens (including phenoxy) is 1. The van der Waals surface area contributed by atoms with Crippen molar-refractivity contribution in [3.8, 4) is 5.75 Å². The average molecular weight is 211 g/mol. The normalized spacial score (nSPS) is 10.0. The molecule has 0 aliphatic heterocycles. The Morgan fingerprint density at radius 2 is 2.20 bits per heavy atom. The van der Waals surface area contributed by atoms with Gasteiger partial charge in [-0.05, 0) is 13.8 Å². The fourth-order valence-electron chi connectivity index (χ4n) is 1.18. The van der Waals surface area contributed by atoms with Crippen LogP contribution in [0.25, 0.3) is 0 Å². The molecule has 1 aromatic heterocycles. The standard InChI is InChI=1S/C10H13NO4/c1-3-11-6-7(10(14)15-4-2)8(12)5-9(11)13/h5-6,12H,3-4H2,1-2H3. The first kappa shape index (κ1) is 11.3. The van der Waals surface area contributed by atoms with Crippen molar-refractivity contribution in [1.29, 1.82) is 0 Å². The van der Waals surface area contributed by atoms with Gasteiger partial charge in [0.15, 0.2) is 0 Å². The lowest BCUT2D eigenvalue weighted by Gasteiger charge is -2.07. The number of hydrogen-bond acceptors (Lipinski definition) is 4. The van der Waals surface area contributed by atoms with E-state index in [0.717, 1.165) is 6.07 Å². The van der Waals surface area contributed by atoms with Crippen molar-refractivity contribution in [2.24, 2.45) is 0 Å². The zero-order valence-corrected chi connectivity index (χ0v) is 8.69. The third-order valence-corrected chi connectivity index (χ3v) is 1.94. The summed E-state index contributed by atoms with van der Waals surface area (Å²) < 4.78 is 6.06. The minimum Gasteiger partial charge on any atom is -0.507 e. The number of aromatic nitrogens is 1. The predicted octanol–water partition coefficient (Wildman–Crippen LogP) is 0.750. The molecule has 1 N–H and O–H groups in total. The molecule has 0 unspecified atom stereocenters. The molecule has 0 bridgehead atoms. The van der Waals surface area contributed by atoms with Gasteiger partial charge >= 0.3 is 5.97 Å². The zero-order valence-electron chi connectivity index (χ0n) is 8.69. The topological polar surface area (TPSA) is 68.5 Å². The smallest absolute Gasteiger partial charge is 0.343 e. The van der Waals surface area contributed by atoms with Gasteiger partial charge in [-0.3, -0.25) is 4.79 Å². The van der Waals surface area contributed by atoms with Crippen LogP contribution < -0.4 is 5.56 Å². The van der Waals surface area contributed by atoms with Gasteiger partial charge in [-0.25, -0.2) is 4.79 Å². The van der Waals surface area contributed by atoms with E-state index in [1.54, 1.807) is 13.8 Å². The number of aromatic hydroxyl groups is 1. The van der Waals surface area contributed by atoms with Crippen molar-refractivity contribution < 1.29 is 14.6 Å². The third kappa shape index (κ3) is 2.37. The highest BCUT2D eigenvalue weighted by atomic mass is 16.5. The minimum atomic E-state index is -0.628. The van der Waals surface area contributed by atoms with Crippen LogP contribution in [-0.4, -0.2) is 22.2 Å². The Bertz CT molecular complexity index is 422. The summed E-state index contributed by atoms with van der Waals surface area (Å²) in [6.07, 6.45) is 1.30. The zero-order chi connectivity index (χ0) is 11.4. The van der Waals surface area contributed by atoms with Crippen molar-refractivity contribution in [3.05, 3.63) is 28.2 Å². The van der Waals surface area contributed by atoms with E-state index in [0.29, 0.717) is 6.54 Å². The summed E-state index contributed by atoms with van der Waals surface area (Å²) in [6.45, 7) is 4.10. The molecule has 15 heavy (non-hydrogen) atoms. The van der Waals surface area contributed by atoms with E-state index < -0.39 is 5.97 Å². The van der Waals surface area contributed by atoms with Crippen LogP contribution in [0.1, 0.15) is 24.2 Å². The Morgan fingerprint density at radius 1 is 1.53 bits per heavy atom. The van der Waals surface area contributed by atoms with E-state index >= 15 is 0 Å². The lowest BCUT2D eigenvalue weighted by atomic mass is 10.2. The molecule has 1 heterocycles. The minimum absolute atomic E-state index is 0.0123. The van der Waals surface area contributed by atoms with E-state index in [4.69, 9.17) is 4.74 Å². The van der Waals surface area contributed by atoms with Crippen molar-refractivity contribution in [2.45, 2.75) is 20.4 Å². The fraction of sp³-hybridized carbons (Fsp3) is 0.400. The summed E-state index contributed by atoms with van der Waals surface area (Å²) in [5, 5.41) is 9.39. The number of nitrogens with zero attached hydrogens (tertiary/aromatic N) is 1. The maximum absolute atomic E-state index is 11.3. The quantitative estimate of drug-likeness (QED) is 0.749. The molecule has 0 spiro atoms. The molecule has 1 rings (SSSR count). The van der Waals surface area contributed by atoms with Crippen LogP contribution in [0.5, 0.6) is 5.75 Å². The van der Waals surface area contributed by atoms with Gasteiger partial charge in [-0.2, -0.15) is 0 Å². The van der Waals surface area contributed by atoms with Crippen LogP contribution in [0, 0.1) is 0 Å². The van der Waals surface area contributed by atoms with Crippen LogP contribution >= 0.6 is 0 Å². The van der Waals surface area contributed by atoms with Gasteiger partial charge in [0.1, 0.15) is 11.3 Å². The lowest BCUT2D eigenvalue weighted by Crippen LogP contribution is -2.20. The summed E-state index contributed by atoms with van der Waals surface area (Å²) in [5.41, 5.74) is -0.332. The van der Waals surface area contributed by atoms with Gasteiger partial charge in [0.05, 0.1) is 6.61 Å². The Morgan fingerprint density at radius 3 is 2.73 bits per heavy atom. The van der Waals surface area contributed by atoms with E-state index in [-0.39, 0.29) is 23.5 Å². The van der Waals surface area contributed by atoms with Gasteiger partial charge in [-0.15, -0.1) is 0 Å². The summed E-state index contributed by atoms with van der Waals surface area (Å²) in [5.74, 6) is -0.972. The van der Waals surface area contributed by atoms with Gasteiger partial charge in [-0.1, -0.05) is 0 Å². The number of hydrogen-bond donors (Lipinski definition) is 1. The number of aryl methyl sites for hydroxylation is 1. The molecule has 0 atom stereocenters. The SMILES string of the molecule is CCOC(=O)c1cn(CC)c(=O)cc1O. The second kappa shape index (κ2) is 4.63. The molecule has 0 amide bonds. The van der Waals surface area contributed by atoms with E-state index in [2.05, 4.69) is 0 Å². The Balaban J connectivity index is 3.18. The van der Waals surface area contributed by atoms with Crippen LogP contribution in [0.2, 0.25) is 0 Å². The molecule has 0 saturated carbocycles. The molecule has 0 aliphatic carbocycles. The summed E-state index contributed by atoms with van der Waals surface area (Å²) in [7, 11) is 0. The van der Waals surface area contributed by atoms with Crippen molar-refractivity contribution in [2.75, 3.05) is 6.61 Å². The van der Waals surface area contributed by atoms with E-state index in [1.807, 2.05) is 0 Å². The van der Waals surface area contributed by atoms with Crippen molar-refractivity contribution in [1.82, 2.24) is 4.57 Å². The number of pyridine rings is 1. The second-order valence-corrected chi connectivity index (χ2v) is 2.92. The molecule has 5 nitrogen and oxygen atoms in total. The molecule has 5 heteroatoms. The van der Waals surface area contributed by atoms with Crippen LogP contribution in [0.15, 0.2) is 17.1 Å². The highest BCUT2D eigenvalue weighted by Crippen LogP contribution is 2.14. The molecule has 0 aromatic carbocycles. The lowest BCUT2D eigenvalue weighted by molar-refractivity contribution is 0.0522. The van der Waals surface area contributed by atoms with Crippen LogP contribution in [0.3, 0.4) is 0 Å². The van der Waals surface area contributed by atoms with E-state index in [1.165, 1.54) is 10.8 Å². The van der Waals surface area contributed by atoms with Gasteiger partial charge < -0.3 is 14.4 Å². The third-order valence-electron chi connectivity index (χ3n) is 1.94. The number of esters is 1. The molecular formula is C10H13NO4. The second-order valence-electron chi connectivity index (χ2n) is 2.92. The molecule has 0 fully saturated rings. The molecule has 0 saturated heterocycles. The van der Waals surface area contributed by atoms with Crippen LogP contribution in [0.4, 0.5) is 0 Å². The highest BCUT2D eigenvalue weighted by molar-refractivity contribution is 5.91. The molecule has 82 valence electrons. The van der Waals surface area contributed by atoms with Gasteiger partial charge in [0.25, 0.3) is 5.56 Å². The molecule has 0 radical (unpaired) electrons. The fourth-order valence-corrected chi connectivity index (χ4v) is 1.18. The monoisotopic (exact) mass is 211 g/mol. The number of rotatable bonds is 3. The maximum atomic E-state index is 11.3. The summed E-state index contributed by atoms with van der Waals surface area (Å²) in [4.78, 5) is 22.6. The number of carbonyl (C=O) groups excluding carboxylic acids is 1. The average Bonchev–Trinajstić information content (AvgIpc) is 2.18. The first-order valence-electron chi connectivity index (χ1n) is 4.70. The largest absolute Gasteiger partial charge is 0.507 e. The van der Waals surface area contributed by atoms with E-state index in [9.17, 15) is 14.7 Å². The molecule has 0 aliphatic rings.